The number of nitrogens with zero attached hydrogens (tertiary/aromatic N) is 5. The van der Waals surface area contributed by atoms with Gasteiger partial charge >= 0.3 is 11.1 Å². The van der Waals surface area contributed by atoms with E-state index >= 15 is 0 Å². The Hall–Kier alpha value is -3.07. The van der Waals surface area contributed by atoms with Crippen molar-refractivity contribution in [3.63, 3.8) is 0 Å². The fourth-order valence-electron chi connectivity index (χ4n) is 3.55. The second-order valence-corrected chi connectivity index (χ2v) is 7.32. The number of benzene rings is 1. The highest BCUT2D eigenvalue weighted by molar-refractivity contribution is 6.33. The lowest BCUT2D eigenvalue weighted by Gasteiger charge is -2.17. The van der Waals surface area contributed by atoms with Gasteiger partial charge in [-0.05, 0) is 31.0 Å². The van der Waals surface area contributed by atoms with Crippen molar-refractivity contribution < 1.29 is 4.39 Å². The molecule has 0 unspecified atom stereocenters. The van der Waals surface area contributed by atoms with Crippen molar-refractivity contribution in [3.8, 4) is 0 Å². The van der Waals surface area contributed by atoms with Crippen LogP contribution >= 0.6 is 11.6 Å². The van der Waals surface area contributed by atoms with Gasteiger partial charge in [0.15, 0.2) is 5.65 Å². The lowest BCUT2D eigenvalue weighted by atomic mass is 10.2. The summed E-state index contributed by atoms with van der Waals surface area (Å²) >= 11 is 5.97. The van der Waals surface area contributed by atoms with Crippen LogP contribution < -0.4 is 16.5 Å². The second-order valence-electron chi connectivity index (χ2n) is 6.92. The van der Waals surface area contributed by atoms with Gasteiger partial charge in [-0.2, -0.15) is 10.1 Å². The number of halogens is 2. The number of hydrogen-bond donors (Lipinski definition) is 1. The highest BCUT2D eigenvalue weighted by Crippen LogP contribution is 2.29. The van der Waals surface area contributed by atoms with Crippen LogP contribution in [0, 0.1) is 5.82 Å². The van der Waals surface area contributed by atoms with Crippen molar-refractivity contribution in [1.29, 1.82) is 0 Å². The average Bonchev–Trinajstić information content (AvgIpc) is 3.22. The Morgan fingerprint density at radius 1 is 1.28 bits per heavy atom. The Morgan fingerprint density at radius 2 is 2.03 bits per heavy atom. The van der Waals surface area contributed by atoms with Gasteiger partial charge in [0.2, 0.25) is 5.95 Å². The van der Waals surface area contributed by atoms with E-state index in [1.165, 1.54) is 46.8 Å². The summed E-state index contributed by atoms with van der Waals surface area (Å²) < 4.78 is 15.9. The van der Waals surface area contributed by atoms with Crippen LogP contribution in [0.1, 0.15) is 37.3 Å². The molecule has 1 aromatic carbocycles. The second kappa shape index (κ2) is 7.75. The molecule has 1 fully saturated rings. The maximum absolute atomic E-state index is 13.1. The molecule has 1 saturated carbocycles. The minimum Gasteiger partial charge on any atom is -0.303 e. The van der Waals surface area contributed by atoms with Crippen molar-refractivity contribution in [2.75, 3.05) is 5.43 Å². The van der Waals surface area contributed by atoms with E-state index in [2.05, 4.69) is 20.5 Å². The molecule has 1 aliphatic rings. The number of aryl methyl sites for hydroxylation is 1. The maximum atomic E-state index is 13.1. The van der Waals surface area contributed by atoms with Crippen LogP contribution in [0.25, 0.3) is 11.2 Å². The van der Waals surface area contributed by atoms with E-state index in [1.54, 1.807) is 0 Å². The van der Waals surface area contributed by atoms with Crippen LogP contribution in [-0.2, 0) is 7.05 Å². The van der Waals surface area contributed by atoms with Gasteiger partial charge in [0.1, 0.15) is 11.3 Å². The third-order valence-electron chi connectivity index (χ3n) is 5.07. The van der Waals surface area contributed by atoms with Crippen molar-refractivity contribution in [2.45, 2.75) is 31.7 Å². The quantitative estimate of drug-likeness (QED) is 0.401. The first-order chi connectivity index (χ1) is 14.0. The number of aromatic nitrogens is 4. The Morgan fingerprint density at radius 3 is 2.76 bits per heavy atom. The van der Waals surface area contributed by atoms with E-state index in [0.717, 1.165) is 25.7 Å². The Balaban J connectivity index is 1.72. The Labute approximate surface area is 169 Å². The molecule has 0 atom stereocenters. The molecule has 0 radical (unpaired) electrons. The number of anilines is 1. The largest absolute Gasteiger partial charge is 0.318 e. The van der Waals surface area contributed by atoms with Crippen LogP contribution in [-0.4, -0.2) is 25.3 Å². The Kier molecular flexibility index (Phi) is 5.14. The van der Waals surface area contributed by atoms with Crippen LogP contribution in [0.15, 0.2) is 39.1 Å². The fourth-order valence-corrected chi connectivity index (χ4v) is 3.77. The predicted molar refractivity (Wildman–Crippen MR) is 109 cm³/mol. The van der Waals surface area contributed by atoms with Gasteiger partial charge in [-0.25, -0.2) is 14.8 Å². The highest BCUT2D eigenvalue weighted by Gasteiger charge is 2.23. The summed E-state index contributed by atoms with van der Waals surface area (Å²) in [5.74, 6) is -0.273. The molecular weight excluding hydrogens is 399 g/mol. The lowest BCUT2D eigenvalue weighted by Crippen LogP contribution is -2.42. The van der Waals surface area contributed by atoms with Crippen LogP contribution in [0.2, 0.25) is 5.02 Å². The molecule has 2 aromatic heterocycles. The number of nitrogens with one attached hydrogen (secondary N) is 1. The van der Waals surface area contributed by atoms with Crippen molar-refractivity contribution >= 4 is 34.9 Å². The number of rotatable bonds is 4. The molecule has 1 N–H and O–H groups in total. The number of hydrogen-bond acceptors (Lipinski definition) is 6. The van der Waals surface area contributed by atoms with Crippen molar-refractivity contribution in [3.05, 3.63) is 61.5 Å². The van der Waals surface area contributed by atoms with Crippen LogP contribution in [0.4, 0.5) is 10.3 Å². The van der Waals surface area contributed by atoms with Gasteiger partial charge in [0.05, 0.1) is 17.4 Å². The normalized spacial score (nSPS) is 14.9. The van der Waals surface area contributed by atoms with E-state index in [1.807, 2.05) is 0 Å². The first-order valence-corrected chi connectivity index (χ1v) is 9.56. The highest BCUT2D eigenvalue weighted by atomic mass is 35.5. The monoisotopic (exact) mass is 416 g/mol. The molecule has 0 bridgehead atoms. The minimum atomic E-state index is -0.599. The smallest absolute Gasteiger partial charge is 0.303 e. The minimum absolute atomic E-state index is 0.0526. The molecule has 1 aliphatic carbocycles. The predicted octanol–water partition coefficient (Wildman–Crippen LogP) is 2.84. The molecule has 0 spiro atoms. The molecule has 29 heavy (non-hydrogen) atoms. The molecule has 150 valence electrons. The standard InChI is InChI=1S/C19H18ClFN6O2/c1-26-15-10-22-19(25-23-9-11-6-7-12(21)8-14(11)20)24-16(15)27(18(29)17(26)28)13-4-2-3-5-13/h6-10,13H,2-5H2,1H3,(H,22,24,25)/b23-9+. The van der Waals surface area contributed by atoms with Crippen LogP contribution in [0.3, 0.4) is 0 Å². The van der Waals surface area contributed by atoms with E-state index in [4.69, 9.17) is 11.6 Å². The molecule has 3 aromatic rings. The van der Waals surface area contributed by atoms with E-state index in [9.17, 15) is 14.0 Å². The van der Waals surface area contributed by atoms with E-state index in [0.29, 0.717) is 16.7 Å². The molecule has 8 nitrogen and oxygen atoms in total. The van der Waals surface area contributed by atoms with Gasteiger partial charge in [0.25, 0.3) is 0 Å². The Bertz CT molecular complexity index is 1230. The van der Waals surface area contributed by atoms with Gasteiger partial charge in [0, 0.05) is 18.7 Å². The average molecular weight is 417 g/mol. The molecule has 0 amide bonds. The number of hydrazone groups is 1. The molecule has 0 aliphatic heterocycles. The van der Waals surface area contributed by atoms with E-state index < -0.39 is 16.9 Å². The maximum Gasteiger partial charge on any atom is 0.318 e. The topological polar surface area (TPSA) is 94.2 Å². The summed E-state index contributed by atoms with van der Waals surface area (Å²) in [5.41, 5.74) is 2.88. The zero-order chi connectivity index (χ0) is 20.5. The summed E-state index contributed by atoms with van der Waals surface area (Å²) in [4.78, 5) is 33.6. The third-order valence-corrected chi connectivity index (χ3v) is 5.39. The molecule has 4 rings (SSSR count). The fraction of sp³-hybridized carbons (Fsp3) is 0.316. The number of fused-ring (bicyclic) bond motifs is 1. The van der Waals surface area contributed by atoms with Crippen LogP contribution in [0.5, 0.6) is 0 Å². The lowest BCUT2D eigenvalue weighted by molar-refractivity contribution is 0.507. The molecular formula is C19H18ClFN6O2. The molecule has 10 heteroatoms. The summed E-state index contributed by atoms with van der Waals surface area (Å²) in [5, 5.41) is 4.26. The summed E-state index contributed by atoms with van der Waals surface area (Å²) in [6.45, 7) is 0. The molecule has 0 saturated heterocycles. The SMILES string of the molecule is Cn1c(=O)c(=O)n(C2CCCC2)c2nc(N/N=C/c3ccc(F)cc3Cl)ncc21. The van der Waals surface area contributed by atoms with Gasteiger partial charge in [-0.15, -0.1) is 0 Å². The van der Waals surface area contributed by atoms with E-state index in [-0.39, 0.29) is 17.0 Å². The van der Waals surface area contributed by atoms with Crippen molar-refractivity contribution in [2.24, 2.45) is 12.1 Å². The summed E-state index contributed by atoms with van der Waals surface area (Å²) in [7, 11) is 1.52. The first-order valence-electron chi connectivity index (χ1n) is 9.18. The summed E-state index contributed by atoms with van der Waals surface area (Å²) in [6, 6.07) is 3.91. The summed E-state index contributed by atoms with van der Waals surface area (Å²) in [6.07, 6.45) is 6.57. The zero-order valence-corrected chi connectivity index (χ0v) is 16.4. The zero-order valence-electron chi connectivity index (χ0n) is 15.6. The third kappa shape index (κ3) is 3.65. The molecule has 2 heterocycles. The first kappa shape index (κ1) is 19.3. The van der Waals surface area contributed by atoms with Gasteiger partial charge in [-0.1, -0.05) is 24.4 Å². The van der Waals surface area contributed by atoms with Crippen molar-refractivity contribution in [1.82, 2.24) is 19.1 Å². The van der Waals surface area contributed by atoms with Gasteiger partial charge < -0.3 is 4.57 Å². The van der Waals surface area contributed by atoms with Gasteiger partial charge in [-0.3, -0.25) is 14.2 Å².